The molecule has 3 heteroatoms. The predicted octanol–water partition coefficient (Wildman–Crippen LogP) is 3.12. The second-order valence-electron chi connectivity index (χ2n) is 4.24. The molecule has 0 saturated heterocycles. The third-order valence-corrected chi connectivity index (χ3v) is 2.94. The highest BCUT2D eigenvalue weighted by Crippen LogP contribution is 2.26. The maximum absolute atomic E-state index is 5.75. The van der Waals surface area contributed by atoms with E-state index in [9.17, 15) is 0 Å². The number of hydrogen-bond acceptors (Lipinski definition) is 2. The van der Waals surface area contributed by atoms with Gasteiger partial charge in [-0.25, -0.2) is 0 Å². The van der Waals surface area contributed by atoms with Gasteiger partial charge in [0.25, 0.3) is 0 Å². The zero-order valence-electron chi connectivity index (χ0n) is 9.57. The maximum Gasteiger partial charge on any atom is 0.153 e. The minimum atomic E-state index is 0.552. The molecule has 0 radical (unpaired) electrons. The van der Waals surface area contributed by atoms with Crippen LogP contribution in [0.25, 0.3) is 22.0 Å². The molecule has 3 nitrogen and oxygen atoms in total. The summed E-state index contributed by atoms with van der Waals surface area (Å²) < 4.78 is 0. The van der Waals surface area contributed by atoms with Crippen molar-refractivity contribution in [3.8, 4) is 11.1 Å². The van der Waals surface area contributed by atoms with Crippen molar-refractivity contribution in [3.05, 3.63) is 48.0 Å². The average molecular weight is 223 g/mol. The molecular formula is C14H13N3. The van der Waals surface area contributed by atoms with Gasteiger partial charge in [-0.15, -0.1) is 0 Å². The topological polar surface area (TPSA) is 54.7 Å². The maximum atomic E-state index is 5.75. The van der Waals surface area contributed by atoms with Crippen LogP contribution in [0, 0.1) is 6.92 Å². The van der Waals surface area contributed by atoms with Crippen LogP contribution >= 0.6 is 0 Å². The number of anilines is 1. The van der Waals surface area contributed by atoms with E-state index in [1.807, 2.05) is 6.07 Å². The molecule has 0 fully saturated rings. The van der Waals surface area contributed by atoms with Crippen LogP contribution in [0.15, 0.2) is 42.5 Å². The summed E-state index contributed by atoms with van der Waals surface area (Å²) in [5.41, 5.74) is 10.4. The van der Waals surface area contributed by atoms with Crippen molar-refractivity contribution in [1.82, 2.24) is 10.2 Å². The first-order valence-corrected chi connectivity index (χ1v) is 5.55. The number of benzene rings is 2. The van der Waals surface area contributed by atoms with Crippen LogP contribution in [-0.2, 0) is 0 Å². The highest BCUT2D eigenvalue weighted by Gasteiger charge is 2.04. The number of aromatic amines is 1. The van der Waals surface area contributed by atoms with Crippen molar-refractivity contribution in [2.24, 2.45) is 0 Å². The molecule has 84 valence electrons. The van der Waals surface area contributed by atoms with Gasteiger partial charge in [0.15, 0.2) is 5.82 Å². The van der Waals surface area contributed by atoms with Crippen LogP contribution in [-0.4, -0.2) is 10.2 Å². The Morgan fingerprint density at radius 1 is 1.06 bits per heavy atom. The number of nitrogen functional groups attached to an aromatic ring is 1. The van der Waals surface area contributed by atoms with Gasteiger partial charge in [-0.1, -0.05) is 35.9 Å². The minimum Gasteiger partial charge on any atom is -0.382 e. The molecule has 0 amide bonds. The lowest BCUT2D eigenvalue weighted by Crippen LogP contribution is -1.83. The molecule has 0 saturated carbocycles. The van der Waals surface area contributed by atoms with Crippen molar-refractivity contribution in [2.45, 2.75) is 6.92 Å². The molecule has 0 bridgehead atoms. The molecule has 3 aromatic rings. The molecule has 0 aliphatic carbocycles. The van der Waals surface area contributed by atoms with E-state index in [0.29, 0.717) is 5.82 Å². The molecule has 2 aromatic carbocycles. The van der Waals surface area contributed by atoms with Gasteiger partial charge in [0.2, 0.25) is 0 Å². The number of fused-ring (bicyclic) bond motifs is 1. The Hall–Kier alpha value is -2.29. The van der Waals surface area contributed by atoms with E-state index in [-0.39, 0.29) is 0 Å². The molecule has 0 unspecified atom stereocenters. The van der Waals surface area contributed by atoms with Gasteiger partial charge in [0, 0.05) is 5.39 Å². The summed E-state index contributed by atoms with van der Waals surface area (Å²) in [7, 11) is 0. The van der Waals surface area contributed by atoms with Crippen molar-refractivity contribution in [1.29, 1.82) is 0 Å². The number of aryl methyl sites for hydroxylation is 1. The zero-order valence-corrected chi connectivity index (χ0v) is 9.57. The highest BCUT2D eigenvalue weighted by atomic mass is 15.1. The van der Waals surface area contributed by atoms with Gasteiger partial charge in [-0.05, 0) is 30.2 Å². The van der Waals surface area contributed by atoms with Crippen molar-refractivity contribution >= 4 is 16.7 Å². The normalized spacial score (nSPS) is 10.9. The third kappa shape index (κ3) is 1.65. The Labute approximate surface area is 99.3 Å². The number of nitrogens with one attached hydrogen (secondary N) is 1. The van der Waals surface area contributed by atoms with Crippen LogP contribution in [0.5, 0.6) is 0 Å². The van der Waals surface area contributed by atoms with E-state index in [1.54, 1.807) is 0 Å². The van der Waals surface area contributed by atoms with Crippen molar-refractivity contribution in [3.63, 3.8) is 0 Å². The van der Waals surface area contributed by atoms with Crippen molar-refractivity contribution < 1.29 is 0 Å². The summed E-state index contributed by atoms with van der Waals surface area (Å²) in [4.78, 5) is 0. The fourth-order valence-corrected chi connectivity index (χ4v) is 2.04. The second kappa shape index (κ2) is 3.63. The van der Waals surface area contributed by atoms with Crippen LogP contribution < -0.4 is 5.73 Å². The SMILES string of the molecule is Cc1cccc(-c2ccc3c(N)n[nH]c3c2)c1. The number of rotatable bonds is 1. The molecule has 1 aromatic heterocycles. The Bertz CT molecular complexity index is 683. The molecule has 3 rings (SSSR count). The average Bonchev–Trinajstić information content (AvgIpc) is 2.71. The Morgan fingerprint density at radius 3 is 2.71 bits per heavy atom. The van der Waals surface area contributed by atoms with Crippen molar-refractivity contribution in [2.75, 3.05) is 5.73 Å². The predicted molar refractivity (Wildman–Crippen MR) is 70.7 cm³/mol. The molecule has 1 heterocycles. The van der Waals surface area contributed by atoms with E-state index in [4.69, 9.17) is 5.73 Å². The van der Waals surface area contributed by atoms with E-state index >= 15 is 0 Å². The number of nitrogens with zero attached hydrogens (tertiary/aromatic N) is 1. The number of aromatic nitrogens is 2. The third-order valence-electron chi connectivity index (χ3n) is 2.94. The summed E-state index contributed by atoms with van der Waals surface area (Å²) in [6.45, 7) is 2.09. The van der Waals surface area contributed by atoms with Crippen LogP contribution in [0.3, 0.4) is 0 Å². The van der Waals surface area contributed by atoms with Crippen LogP contribution in [0.4, 0.5) is 5.82 Å². The molecule has 0 spiro atoms. The highest BCUT2D eigenvalue weighted by molar-refractivity contribution is 5.91. The quantitative estimate of drug-likeness (QED) is 0.666. The number of hydrogen-bond donors (Lipinski definition) is 2. The smallest absolute Gasteiger partial charge is 0.153 e. The van der Waals surface area contributed by atoms with Gasteiger partial charge in [-0.2, -0.15) is 5.10 Å². The summed E-state index contributed by atoms with van der Waals surface area (Å²) in [6.07, 6.45) is 0. The van der Waals surface area contributed by atoms with E-state index in [1.165, 1.54) is 16.7 Å². The van der Waals surface area contributed by atoms with Gasteiger partial charge < -0.3 is 5.73 Å². The Morgan fingerprint density at radius 2 is 1.88 bits per heavy atom. The van der Waals surface area contributed by atoms with Gasteiger partial charge in [0.1, 0.15) is 0 Å². The lowest BCUT2D eigenvalue weighted by molar-refractivity contribution is 1.13. The van der Waals surface area contributed by atoms with E-state index in [2.05, 4.69) is 53.5 Å². The molecule has 0 atom stereocenters. The first kappa shape index (κ1) is 9.90. The zero-order chi connectivity index (χ0) is 11.8. The molecule has 3 N–H and O–H groups in total. The molecule has 0 aliphatic heterocycles. The fraction of sp³-hybridized carbons (Fsp3) is 0.0714. The van der Waals surface area contributed by atoms with Gasteiger partial charge in [0.05, 0.1) is 5.52 Å². The summed E-state index contributed by atoms with van der Waals surface area (Å²) in [5, 5.41) is 7.91. The van der Waals surface area contributed by atoms with E-state index < -0.39 is 0 Å². The largest absolute Gasteiger partial charge is 0.382 e. The Balaban J connectivity index is 2.18. The van der Waals surface area contributed by atoms with Gasteiger partial charge >= 0.3 is 0 Å². The summed E-state index contributed by atoms with van der Waals surface area (Å²) >= 11 is 0. The fourth-order valence-electron chi connectivity index (χ4n) is 2.04. The monoisotopic (exact) mass is 223 g/mol. The Kier molecular flexibility index (Phi) is 2.11. The number of nitrogens with two attached hydrogens (primary N) is 1. The first-order chi connectivity index (χ1) is 8.24. The lowest BCUT2D eigenvalue weighted by atomic mass is 10.0. The minimum absolute atomic E-state index is 0.552. The lowest BCUT2D eigenvalue weighted by Gasteiger charge is -2.03. The summed E-state index contributed by atoms with van der Waals surface area (Å²) in [5.74, 6) is 0.552. The number of H-pyrrole nitrogens is 1. The molecular weight excluding hydrogens is 210 g/mol. The first-order valence-electron chi connectivity index (χ1n) is 5.55. The second-order valence-corrected chi connectivity index (χ2v) is 4.24. The van der Waals surface area contributed by atoms with Gasteiger partial charge in [-0.3, -0.25) is 5.10 Å². The summed E-state index contributed by atoms with van der Waals surface area (Å²) in [6, 6.07) is 14.6. The molecule has 0 aliphatic rings. The van der Waals surface area contributed by atoms with Crippen LogP contribution in [0.2, 0.25) is 0 Å². The molecule has 17 heavy (non-hydrogen) atoms. The van der Waals surface area contributed by atoms with E-state index in [0.717, 1.165) is 10.9 Å². The van der Waals surface area contributed by atoms with Crippen LogP contribution in [0.1, 0.15) is 5.56 Å². The standard InChI is InChI=1S/C14H13N3/c1-9-3-2-4-10(7-9)11-5-6-12-13(8-11)16-17-14(12)15/h2-8H,1H3,(H3,15,16,17).